The smallest absolute Gasteiger partial charge is 0.232 e. The van der Waals surface area contributed by atoms with Gasteiger partial charge in [-0.3, -0.25) is 9.59 Å². The number of hydrogen-bond donors (Lipinski definition) is 0. The average molecular weight is 380 g/mol. The van der Waals surface area contributed by atoms with E-state index in [1.807, 2.05) is 62.4 Å². The first-order chi connectivity index (χ1) is 13.5. The number of nitrogens with zero attached hydrogens (tertiary/aromatic N) is 2. The van der Waals surface area contributed by atoms with Gasteiger partial charge in [-0.05, 0) is 49.6 Å². The van der Waals surface area contributed by atoms with Crippen LogP contribution in [0.5, 0.6) is 5.75 Å². The van der Waals surface area contributed by atoms with Crippen LogP contribution in [-0.4, -0.2) is 43.5 Å². The summed E-state index contributed by atoms with van der Waals surface area (Å²) in [6.07, 6.45) is 0.999. The Balaban J connectivity index is 1.65. The van der Waals surface area contributed by atoms with Crippen molar-refractivity contribution >= 4 is 17.5 Å². The number of benzene rings is 2. The highest BCUT2D eigenvalue weighted by Gasteiger charge is 2.36. The van der Waals surface area contributed by atoms with Crippen molar-refractivity contribution in [3.63, 3.8) is 0 Å². The van der Waals surface area contributed by atoms with Crippen LogP contribution in [0.25, 0.3) is 0 Å². The lowest BCUT2D eigenvalue weighted by atomic mass is 10.1. The molecule has 2 aromatic carbocycles. The minimum atomic E-state index is -0.286. The van der Waals surface area contributed by atoms with E-state index in [2.05, 4.69) is 0 Å². The van der Waals surface area contributed by atoms with Crippen LogP contribution in [0, 0.1) is 12.8 Å². The quantitative estimate of drug-likeness (QED) is 0.739. The van der Waals surface area contributed by atoms with E-state index in [9.17, 15) is 9.59 Å². The highest BCUT2D eigenvalue weighted by Crippen LogP contribution is 2.25. The molecule has 1 unspecified atom stereocenters. The second-order valence-electron chi connectivity index (χ2n) is 7.22. The number of carbonyl (C=O) groups excluding carboxylic acids is 2. The van der Waals surface area contributed by atoms with Gasteiger partial charge in [0.1, 0.15) is 5.75 Å². The minimum Gasteiger partial charge on any atom is -0.496 e. The van der Waals surface area contributed by atoms with Gasteiger partial charge in [0.15, 0.2) is 0 Å². The van der Waals surface area contributed by atoms with Gasteiger partial charge in [0, 0.05) is 31.7 Å². The zero-order valence-corrected chi connectivity index (χ0v) is 16.9. The lowest BCUT2D eigenvalue weighted by Gasteiger charge is -2.25. The van der Waals surface area contributed by atoms with Gasteiger partial charge >= 0.3 is 0 Å². The Kier molecular flexibility index (Phi) is 6.34. The first-order valence-corrected chi connectivity index (χ1v) is 9.81. The number of hydrogen-bond acceptors (Lipinski definition) is 3. The van der Waals surface area contributed by atoms with E-state index in [0.717, 1.165) is 22.6 Å². The summed E-state index contributed by atoms with van der Waals surface area (Å²) in [4.78, 5) is 29.2. The Morgan fingerprint density at radius 2 is 2.00 bits per heavy atom. The fraction of sp³-hybridized carbons (Fsp3) is 0.391. The third kappa shape index (κ3) is 4.35. The summed E-state index contributed by atoms with van der Waals surface area (Å²) in [7, 11) is 1.65. The fourth-order valence-corrected chi connectivity index (χ4v) is 3.80. The zero-order valence-electron chi connectivity index (χ0n) is 16.9. The van der Waals surface area contributed by atoms with E-state index in [4.69, 9.17) is 4.74 Å². The van der Waals surface area contributed by atoms with Gasteiger partial charge in [-0.1, -0.05) is 30.3 Å². The Morgan fingerprint density at radius 1 is 1.21 bits per heavy atom. The van der Waals surface area contributed by atoms with Crippen molar-refractivity contribution < 1.29 is 14.3 Å². The molecule has 0 aromatic heterocycles. The van der Waals surface area contributed by atoms with Crippen LogP contribution in [0.15, 0.2) is 48.5 Å². The summed E-state index contributed by atoms with van der Waals surface area (Å²) < 4.78 is 5.39. The maximum Gasteiger partial charge on any atom is 0.232 e. The van der Waals surface area contributed by atoms with Crippen molar-refractivity contribution in [2.75, 3.05) is 31.6 Å². The van der Waals surface area contributed by atoms with E-state index in [-0.39, 0.29) is 24.2 Å². The molecule has 148 valence electrons. The van der Waals surface area contributed by atoms with E-state index in [1.54, 1.807) is 16.9 Å². The van der Waals surface area contributed by atoms with Gasteiger partial charge in [0.2, 0.25) is 11.8 Å². The molecule has 28 heavy (non-hydrogen) atoms. The average Bonchev–Trinajstić information content (AvgIpc) is 3.08. The van der Waals surface area contributed by atoms with Crippen molar-refractivity contribution in [3.05, 3.63) is 59.7 Å². The van der Waals surface area contributed by atoms with Crippen LogP contribution in [0.4, 0.5) is 5.69 Å². The molecule has 1 heterocycles. The number of para-hydroxylation sites is 1. The van der Waals surface area contributed by atoms with Crippen molar-refractivity contribution in [3.8, 4) is 5.75 Å². The van der Waals surface area contributed by atoms with Gasteiger partial charge in [0.25, 0.3) is 0 Å². The number of carbonyl (C=O) groups is 2. The topological polar surface area (TPSA) is 49.9 Å². The summed E-state index contributed by atoms with van der Waals surface area (Å²) in [6, 6.07) is 15.8. The second-order valence-corrected chi connectivity index (χ2v) is 7.22. The molecule has 1 saturated heterocycles. The molecule has 1 aliphatic heterocycles. The summed E-state index contributed by atoms with van der Waals surface area (Å²) in [5.41, 5.74) is 3.08. The predicted octanol–water partition coefficient (Wildman–Crippen LogP) is 3.45. The maximum absolute atomic E-state index is 13.1. The van der Waals surface area contributed by atoms with Crippen molar-refractivity contribution in [2.45, 2.75) is 26.7 Å². The molecule has 2 amide bonds. The number of aryl methyl sites for hydroxylation is 1. The molecule has 5 nitrogen and oxygen atoms in total. The highest BCUT2D eigenvalue weighted by molar-refractivity contribution is 5.99. The lowest BCUT2D eigenvalue weighted by molar-refractivity contribution is -0.128. The van der Waals surface area contributed by atoms with Gasteiger partial charge in [0.05, 0.1) is 13.0 Å². The van der Waals surface area contributed by atoms with Crippen molar-refractivity contribution in [1.29, 1.82) is 0 Å². The van der Waals surface area contributed by atoms with E-state index in [1.165, 1.54) is 0 Å². The van der Waals surface area contributed by atoms with Crippen molar-refractivity contribution in [1.82, 2.24) is 4.90 Å². The molecule has 2 aromatic rings. The monoisotopic (exact) mass is 380 g/mol. The molecule has 0 N–H and O–H groups in total. The maximum atomic E-state index is 13.1. The molecule has 0 aliphatic carbocycles. The third-order valence-corrected chi connectivity index (χ3v) is 5.30. The number of amides is 2. The molecule has 0 saturated carbocycles. The zero-order chi connectivity index (χ0) is 20.1. The molecule has 0 spiro atoms. The largest absolute Gasteiger partial charge is 0.496 e. The van der Waals surface area contributed by atoms with E-state index < -0.39 is 0 Å². The fourth-order valence-electron chi connectivity index (χ4n) is 3.80. The van der Waals surface area contributed by atoms with Crippen LogP contribution in [-0.2, 0) is 16.0 Å². The van der Waals surface area contributed by atoms with Gasteiger partial charge in [-0.2, -0.15) is 0 Å². The minimum absolute atomic E-state index is 0.0289. The Labute approximate surface area is 166 Å². The summed E-state index contributed by atoms with van der Waals surface area (Å²) in [6.45, 7) is 5.65. The lowest BCUT2D eigenvalue weighted by Crippen LogP contribution is -2.37. The van der Waals surface area contributed by atoms with Gasteiger partial charge in [-0.15, -0.1) is 0 Å². The molecular weight excluding hydrogens is 352 g/mol. The number of methoxy groups -OCH3 is 1. The normalized spacial score (nSPS) is 16.3. The van der Waals surface area contributed by atoms with Crippen LogP contribution < -0.4 is 9.64 Å². The van der Waals surface area contributed by atoms with Crippen LogP contribution in [0.2, 0.25) is 0 Å². The number of rotatable bonds is 7. The SMILES string of the molecule is CCN(C(=O)C1CC(=O)N(CCc2ccccc2OC)C1)c1cccc(C)c1. The van der Waals surface area contributed by atoms with Crippen molar-refractivity contribution in [2.24, 2.45) is 5.92 Å². The van der Waals surface area contributed by atoms with Gasteiger partial charge < -0.3 is 14.5 Å². The molecular formula is C23H28N2O3. The molecule has 1 aliphatic rings. The number of anilines is 1. The van der Waals surface area contributed by atoms with Gasteiger partial charge in [-0.25, -0.2) is 0 Å². The summed E-state index contributed by atoms with van der Waals surface area (Å²) in [5.74, 6) is 0.624. The third-order valence-electron chi connectivity index (χ3n) is 5.30. The predicted molar refractivity (Wildman–Crippen MR) is 111 cm³/mol. The standard InChI is InChI=1S/C23H28N2O3/c1-4-25(20-10-7-8-17(2)14-20)23(27)19-15-22(26)24(16-19)13-12-18-9-5-6-11-21(18)28-3/h5-11,14,19H,4,12-13,15-16H2,1-3H3. The Morgan fingerprint density at radius 3 is 2.71 bits per heavy atom. The first kappa shape index (κ1) is 19.9. The first-order valence-electron chi connectivity index (χ1n) is 9.81. The van der Waals surface area contributed by atoms with Crippen LogP contribution in [0.1, 0.15) is 24.5 Å². The van der Waals surface area contributed by atoms with E-state index >= 15 is 0 Å². The molecule has 0 bridgehead atoms. The number of ether oxygens (including phenoxy) is 1. The summed E-state index contributed by atoms with van der Waals surface area (Å²) >= 11 is 0. The second kappa shape index (κ2) is 8.91. The highest BCUT2D eigenvalue weighted by atomic mass is 16.5. The summed E-state index contributed by atoms with van der Waals surface area (Å²) in [5, 5.41) is 0. The molecule has 1 atom stereocenters. The van der Waals surface area contributed by atoms with E-state index in [0.29, 0.717) is 26.1 Å². The number of likely N-dealkylation sites (tertiary alicyclic amines) is 1. The molecule has 1 fully saturated rings. The molecule has 3 rings (SSSR count). The molecule has 0 radical (unpaired) electrons. The van der Waals surface area contributed by atoms with Crippen LogP contribution >= 0.6 is 0 Å². The Bertz CT molecular complexity index is 849. The molecule has 5 heteroatoms. The Hall–Kier alpha value is -2.82. The van der Waals surface area contributed by atoms with Crippen LogP contribution in [0.3, 0.4) is 0 Å².